The molecule has 2 heterocycles. The summed E-state index contributed by atoms with van der Waals surface area (Å²) in [4.78, 5) is 31.8. The standard InChI is InChI=1S/C26H22ClN5O4/c1-15-30-11-12-31(15)20-10-9-17(13-19(20)27)32-23(26(34)36-3)22(25(33)35-2)21(18(14-28)24(32)29)16-7-5-4-6-8-16/h4-13,21H,29H2,1-3H3. The number of ether oxygens (including phenoxy) is 2. The molecule has 0 radical (unpaired) electrons. The number of methoxy groups -OCH3 is 2. The molecule has 1 aromatic heterocycles. The molecule has 36 heavy (non-hydrogen) atoms. The van der Waals surface area contributed by atoms with Gasteiger partial charge in [-0.1, -0.05) is 41.9 Å². The number of halogens is 1. The predicted molar refractivity (Wildman–Crippen MR) is 133 cm³/mol. The van der Waals surface area contributed by atoms with E-state index in [-0.39, 0.29) is 22.7 Å². The Labute approximate surface area is 212 Å². The van der Waals surface area contributed by atoms with Crippen LogP contribution < -0.4 is 10.6 Å². The van der Waals surface area contributed by atoms with E-state index in [1.165, 1.54) is 19.1 Å². The second-order valence-electron chi connectivity index (χ2n) is 7.82. The van der Waals surface area contributed by atoms with Crippen LogP contribution in [0.25, 0.3) is 5.69 Å². The van der Waals surface area contributed by atoms with Crippen LogP contribution in [0.4, 0.5) is 5.69 Å². The van der Waals surface area contributed by atoms with Crippen LogP contribution in [0.1, 0.15) is 17.3 Å². The van der Waals surface area contributed by atoms with Gasteiger partial charge in [0.05, 0.1) is 48.1 Å². The second kappa shape index (κ2) is 9.98. The number of hydrogen-bond donors (Lipinski definition) is 1. The number of allylic oxidation sites excluding steroid dienone is 1. The SMILES string of the molecule is COC(=O)C1=C(C(=O)OC)N(c2ccc(-n3ccnc3C)c(Cl)c2)C(N)=C(C#N)C1c1ccccc1. The maximum Gasteiger partial charge on any atom is 0.355 e. The zero-order valence-electron chi connectivity index (χ0n) is 19.7. The second-order valence-corrected chi connectivity index (χ2v) is 8.22. The number of hydrogen-bond acceptors (Lipinski definition) is 8. The van der Waals surface area contributed by atoms with Crippen molar-refractivity contribution < 1.29 is 19.1 Å². The van der Waals surface area contributed by atoms with Gasteiger partial charge in [-0.05, 0) is 30.7 Å². The first-order valence-corrected chi connectivity index (χ1v) is 11.2. The Balaban J connectivity index is 2.00. The Bertz CT molecular complexity index is 1450. The topological polar surface area (TPSA) is 123 Å². The third kappa shape index (κ3) is 4.08. The fraction of sp³-hybridized carbons (Fsp3) is 0.154. The van der Waals surface area contributed by atoms with Crippen molar-refractivity contribution >= 4 is 29.2 Å². The number of nitrogens with zero attached hydrogens (tertiary/aromatic N) is 4. The molecule has 1 atom stereocenters. The van der Waals surface area contributed by atoms with Crippen molar-refractivity contribution in [1.82, 2.24) is 9.55 Å². The molecule has 3 aromatic rings. The van der Waals surface area contributed by atoms with Crippen LogP contribution in [0, 0.1) is 18.3 Å². The molecule has 2 aromatic carbocycles. The van der Waals surface area contributed by atoms with Gasteiger partial charge in [0.1, 0.15) is 17.3 Å². The van der Waals surface area contributed by atoms with Crippen LogP contribution in [-0.4, -0.2) is 35.7 Å². The first kappa shape index (κ1) is 24.6. The first-order chi connectivity index (χ1) is 17.3. The number of nitrogens with two attached hydrogens (primary N) is 1. The maximum atomic E-state index is 13.1. The molecule has 2 N–H and O–H groups in total. The summed E-state index contributed by atoms with van der Waals surface area (Å²) >= 11 is 6.62. The van der Waals surface area contributed by atoms with Crippen LogP contribution in [-0.2, 0) is 19.1 Å². The minimum Gasteiger partial charge on any atom is -0.466 e. The summed E-state index contributed by atoms with van der Waals surface area (Å²) in [6.45, 7) is 1.83. The molecule has 0 fully saturated rings. The number of nitriles is 1. The molecule has 1 aliphatic rings. The van der Waals surface area contributed by atoms with E-state index >= 15 is 0 Å². The number of carbonyl (C=O) groups excluding carboxylic acids is 2. The molecule has 0 saturated carbocycles. The molecule has 4 rings (SSSR count). The van der Waals surface area contributed by atoms with Gasteiger partial charge in [0, 0.05) is 18.1 Å². The Morgan fingerprint density at radius 1 is 1.11 bits per heavy atom. The number of carbonyl (C=O) groups is 2. The molecule has 0 amide bonds. The summed E-state index contributed by atoms with van der Waals surface area (Å²) < 4.78 is 11.9. The molecule has 0 spiro atoms. The lowest BCUT2D eigenvalue weighted by molar-refractivity contribution is -0.139. The third-order valence-corrected chi connectivity index (χ3v) is 6.19. The van der Waals surface area contributed by atoms with E-state index < -0.39 is 17.9 Å². The van der Waals surface area contributed by atoms with E-state index in [4.69, 9.17) is 26.8 Å². The summed E-state index contributed by atoms with van der Waals surface area (Å²) in [5.74, 6) is -1.89. The summed E-state index contributed by atoms with van der Waals surface area (Å²) in [5, 5.41) is 10.5. The largest absolute Gasteiger partial charge is 0.466 e. The van der Waals surface area contributed by atoms with Gasteiger partial charge in [-0.25, -0.2) is 14.6 Å². The fourth-order valence-electron chi connectivity index (χ4n) is 4.24. The number of benzene rings is 2. The highest BCUT2D eigenvalue weighted by Crippen LogP contribution is 2.43. The van der Waals surface area contributed by atoms with Crippen molar-refractivity contribution in [2.45, 2.75) is 12.8 Å². The van der Waals surface area contributed by atoms with Gasteiger partial charge in [-0.15, -0.1) is 0 Å². The lowest BCUT2D eigenvalue weighted by Gasteiger charge is -2.36. The Hall–Kier alpha value is -4.55. The van der Waals surface area contributed by atoms with Crippen molar-refractivity contribution in [3.63, 3.8) is 0 Å². The molecule has 0 aliphatic carbocycles. The first-order valence-electron chi connectivity index (χ1n) is 10.8. The molecule has 0 bridgehead atoms. The average molecular weight is 504 g/mol. The van der Waals surface area contributed by atoms with Crippen LogP contribution in [0.15, 0.2) is 83.6 Å². The number of imidazole rings is 1. The van der Waals surface area contributed by atoms with Crippen molar-refractivity contribution in [3.05, 3.63) is 100.0 Å². The van der Waals surface area contributed by atoms with E-state index in [1.807, 2.05) is 6.92 Å². The molecule has 0 saturated heterocycles. The van der Waals surface area contributed by atoms with Crippen molar-refractivity contribution in [3.8, 4) is 11.8 Å². The zero-order chi connectivity index (χ0) is 26.0. The van der Waals surface area contributed by atoms with Gasteiger partial charge in [0.2, 0.25) is 0 Å². The van der Waals surface area contributed by atoms with Crippen LogP contribution in [0.5, 0.6) is 0 Å². The number of anilines is 1. The number of aromatic nitrogens is 2. The molecule has 1 aliphatic heterocycles. The molecular weight excluding hydrogens is 482 g/mol. The van der Waals surface area contributed by atoms with E-state index in [0.717, 1.165) is 5.82 Å². The lowest BCUT2D eigenvalue weighted by atomic mass is 9.81. The number of rotatable bonds is 5. The van der Waals surface area contributed by atoms with Crippen molar-refractivity contribution in [1.29, 1.82) is 5.26 Å². The summed E-state index contributed by atoms with van der Waals surface area (Å²) in [5.41, 5.74) is 7.92. The van der Waals surface area contributed by atoms with Crippen LogP contribution in [0.3, 0.4) is 0 Å². The van der Waals surface area contributed by atoms with Gasteiger partial charge in [-0.2, -0.15) is 5.26 Å². The normalized spacial score (nSPS) is 15.5. The number of esters is 2. The summed E-state index contributed by atoms with van der Waals surface area (Å²) in [6.07, 6.45) is 3.41. The quantitative estimate of drug-likeness (QED) is 0.522. The minimum absolute atomic E-state index is 0.0398. The highest BCUT2D eigenvalue weighted by molar-refractivity contribution is 6.32. The molecular formula is C26H22ClN5O4. The minimum atomic E-state index is -0.947. The van der Waals surface area contributed by atoms with E-state index in [9.17, 15) is 14.9 Å². The summed E-state index contributed by atoms with van der Waals surface area (Å²) in [6, 6.07) is 15.9. The van der Waals surface area contributed by atoms with Gasteiger partial charge in [0.15, 0.2) is 0 Å². The average Bonchev–Trinajstić information content (AvgIpc) is 3.32. The van der Waals surface area contributed by atoms with E-state index in [0.29, 0.717) is 22.0 Å². The third-order valence-electron chi connectivity index (χ3n) is 5.89. The number of aryl methyl sites for hydroxylation is 1. The Morgan fingerprint density at radius 3 is 2.36 bits per heavy atom. The van der Waals surface area contributed by atoms with Crippen LogP contribution in [0.2, 0.25) is 5.02 Å². The van der Waals surface area contributed by atoms with Gasteiger partial charge in [0.25, 0.3) is 0 Å². The Morgan fingerprint density at radius 2 is 1.81 bits per heavy atom. The Kier molecular flexibility index (Phi) is 6.81. The zero-order valence-corrected chi connectivity index (χ0v) is 20.5. The monoisotopic (exact) mass is 503 g/mol. The van der Waals surface area contributed by atoms with Gasteiger partial charge < -0.3 is 19.8 Å². The predicted octanol–water partition coefficient (Wildman–Crippen LogP) is 3.73. The molecule has 10 heteroatoms. The van der Waals surface area contributed by atoms with E-state index in [2.05, 4.69) is 11.1 Å². The van der Waals surface area contributed by atoms with Crippen molar-refractivity contribution in [2.24, 2.45) is 5.73 Å². The molecule has 182 valence electrons. The smallest absolute Gasteiger partial charge is 0.355 e. The lowest BCUT2D eigenvalue weighted by Crippen LogP contribution is -2.40. The van der Waals surface area contributed by atoms with Crippen LogP contribution >= 0.6 is 11.6 Å². The highest BCUT2D eigenvalue weighted by Gasteiger charge is 2.43. The molecule has 9 nitrogen and oxygen atoms in total. The van der Waals surface area contributed by atoms with Gasteiger partial charge in [-0.3, -0.25) is 4.90 Å². The van der Waals surface area contributed by atoms with Gasteiger partial charge >= 0.3 is 11.9 Å². The van der Waals surface area contributed by atoms with Crippen molar-refractivity contribution in [2.75, 3.05) is 19.1 Å². The maximum absolute atomic E-state index is 13.1. The highest BCUT2D eigenvalue weighted by atomic mass is 35.5. The summed E-state index contributed by atoms with van der Waals surface area (Å²) in [7, 11) is 2.39. The van der Waals surface area contributed by atoms with E-state index in [1.54, 1.807) is 65.5 Å². The molecule has 1 unspecified atom stereocenters. The fourth-order valence-corrected chi connectivity index (χ4v) is 4.51.